The van der Waals surface area contributed by atoms with Gasteiger partial charge in [-0.05, 0) is 98.4 Å². The molecule has 2 fully saturated rings. The molecular weight excluding hydrogens is 904 g/mol. The zero-order chi connectivity index (χ0) is 50.2. The Morgan fingerprint density at radius 1 is 1.06 bits per heavy atom. The van der Waals surface area contributed by atoms with Crippen molar-refractivity contribution in [3.05, 3.63) is 66.3 Å². The average molecular weight is 970 g/mol. The summed E-state index contributed by atoms with van der Waals surface area (Å²) in [6.45, 7) is 15.8. The van der Waals surface area contributed by atoms with Crippen LogP contribution in [0.1, 0.15) is 83.5 Å². The lowest BCUT2D eigenvalue weighted by molar-refractivity contribution is -0.139. The van der Waals surface area contributed by atoms with Crippen molar-refractivity contribution in [2.24, 2.45) is 11.3 Å². The molecule has 1 aromatic carbocycles. The lowest BCUT2D eigenvalue weighted by Crippen LogP contribution is -2.51. The van der Waals surface area contributed by atoms with Crippen LogP contribution in [0.3, 0.4) is 0 Å². The van der Waals surface area contributed by atoms with Crippen molar-refractivity contribution < 1.29 is 46.6 Å². The molecule has 4 aromatic rings. The van der Waals surface area contributed by atoms with Crippen molar-refractivity contribution in [3.8, 4) is 21.8 Å². The number of halogens is 3. The van der Waals surface area contributed by atoms with Crippen LogP contribution in [0.4, 0.5) is 13.2 Å². The number of aldehydes is 1. The van der Waals surface area contributed by atoms with E-state index >= 15 is 0 Å². The van der Waals surface area contributed by atoms with Crippen LogP contribution in [0, 0.1) is 11.3 Å². The van der Waals surface area contributed by atoms with Crippen LogP contribution in [0.25, 0.3) is 32.7 Å². The van der Waals surface area contributed by atoms with Gasteiger partial charge in [-0.15, -0.1) is 0 Å². The number of alkyl halides is 3. The molecule has 372 valence electrons. The predicted molar refractivity (Wildman–Crippen MR) is 255 cm³/mol. The highest BCUT2D eigenvalue weighted by molar-refractivity contribution is 7.09. The van der Waals surface area contributed by atoms with Gasteiger partial charge in [-0.3, -0.25) is 29.6 Å². The predicted octanol–water partition coefficient (Wildman–Crippen LogP) is 6.58. The Balaban J connectivity index is 0.000000526. The normalized spacial score (nSPS) is 15.6. The summed E-state index contributed by atoms with van der Waals surface area (Å²) in [5.74, 6) is -0.354. The number of carbonyl (C=O) groups is 5. The highest BCUT2D eigenvalue weighted by atomic mass is 32.1. The fourth-order valence-electron chi connectivity index (χ4n) is 8.20. The molecule has 3 unspecified atom stereocenters. The highest BCUT2D eigenvalue weighted by Crippen LogP contribution is 2.43. The van der Waals surface area contributed by atoms with E-state index in [1.54, 1.807) is 57.3 Å². The summed E-state index contributed by atoms with van der Waals surface area (Å²) in [5.41, 5.74) is 5.27. The van der Waals surface area contributed by atoms with Gasteiger partial charge >= 0.3 is 6.18 Å². The molecule has 2 aliphatic heterocycles. The van der Waals surface area contributed by atoms with E-state index in [0.717, 1.165) is 44.0 Å². The quantitative estimate of drug-likeness (QED) is 0.0762. The van der Waals surface area contributed by atoms with Gasteiger partial charge in [-0.1, -0.05) is 34.3 Å². The number of methoxy groups -OCH3 is 1. The number of fused-ring (bicyclic) bond motifs is 1. The van der Waals surface area contributed by atoms with Crippen LogP contribution in [-0.4, -0.2) is 137 Å². The maximum atomic E-state index is 14.3. The number of benzene rings is 1. The van der Waals surface area contributed by atoms with Crippen LogP contribution in [-0.2, 0) is 52.8 Å². The molecule has 16 nitrogen and oxygen atoms in total. The Bertz CT molecular complexity index is 2310. The van der Waals surface area contributed by atoms with E-state index in [-0.39, 0.29) is 37.1 Å². The first-order valence-corrected chi connectivity index (χ1v) is 23.4. The van der Waals surface area contributed by atoms with Gasteiger partial charge in [0.05, 0.1) is 30.1 Å². The van der Waals surface area contributed by atoms with Gasteiger partial charge in [0.15, 0.2) is 0 Å². The van der Waals surface area contributed by atoms with E-state index in [0.29, 0.717) is 63.2 Å². The lowest BCUT2D eigenvalue weighted by atomic mass is 9.84. The molecule has 2 saturated heterocycles. The van der Waals surface area contributed by atoms with Crippen LogP contribution >= 0.6 is 11.5 Å². The molecule has 5 heterocycles. The van der Waals surface area contributed by atoms with Gasteiger partial charge in [-0.2, -0.15) is 17.5 Å². The van der Waals surface area contributed by atoms with Crippen LogP contribution < -0.4 is 10.7 Å². The fraction of sp³-hybridized carbons (Fsp3) is 0.542. The third-order valence-electron chi connectivity index (χ3n) is 11.5. The number of likely N-dealkylation sites (tertiary alicyclic amines) is 1. The first-order valence-electron chi connectivity index (χ1n) is 22.6. The molecule has 0 saturated carbocycles. The van der Waals surface area contributed by atoms with E-state index in [2.05, 4.69) is 43.7 Å². The van der Waals surface area contributed by atoms with E-state index in [1.165, 1.54) is 49.1 Å². The van der Waals surface area contributed by atoms with Crippen molar-refractivity contribution in [2.75, 3.05) is 54.0 Å². The molecule has 20 heteroatoms. The number of carbonyl (C=O) groups excluding carboxylic acids is 5. The molecule has 0 bridgehead atoms. The number of pyridine rings is 1. The largest absolute Gasteiger partial charge is 0.467 e. The second kappa shape index (κ2) is 25.7. The third kappa shape index (κ3) is 15.5. The number of likely N-dealkylation sites (N-methyl/N-ethyl adjacent to an activating group) is 1. The van der Waals surface area contributed by atoms with Crippen LogP contribution in [0.5, 0.6) is 0 Å². The number of hydrogen-bond donors (Lipinski definition) is 2. The smallest absolute Gasteiger partial charge is 0.406 e. The third-order valence-corrected chi connectivity index (χ3v) is 12.3. The maximum absolute atomic E-state index is 14.3. The minimum Gasteiger partial charge on any atom is -0.467 e. The average Bonchev–Trinajstić information content (AvgIpc) is 4.08. The van der Waals surface area contributed by atoms with Crippen molar-refractivity contribution >= 4 is 53.4 Å². The van der Waals surface area contributed by atoms with Gasteiger partial charge in [0, 0.05) is 87.4 Å². The molecule has 0 aliphatic carbocycles. The highest BCUT2D eigenvalue weighted by Gasteiger charge is 2.35. The summed E-state index contributed by atoms with van der Waals surface area (Å²) in [6, 6.07) is 6.66. The Labute approximate surface area is 400 Å². The second-order valence-corrected chi connectivity index (χ2v) is 18.8. The van der Waals surface area contributed by atoms with Gasteiger partial charge in [0.2, 0.25) is 18.2 Å². The summed E-state index contributed by atoms with van der Waals surface area (Å²) in [7, 11) is 5.07. The summed E-state index contributed by atoms with van der Waals surface area (Å²) in [6.07, 6.45) is 4.16. The number of aromatic nitrogens is 4. The van der Waals surface area contributed by atoms with Crippen molar-refractivity contribution in [1.29, 1.82) is 0 Å². The molecular formula is C48H66F3N9O7S. The topological polar surface area (TPSA) is 181 Å². The van der Waals surface area contributed by atoms with Crippen molar-refractivity contribution in [1.82, 2.24) is 44.5 Å². The van der Waals surface area contributed by atoms with E-state index in [4.69, 9.17) is 9.47 Å². The molecule has 0 radical (unpaired) electrons. The number of rotatable bonds is 19. The molecule has 3 atom stereocenters. The number of nitrogens with zero attached hydrogens (tertiary/aromatic N) is 7. The van der Waals surface area contributed by atoms with E-state index in [1.807, 2.05) is 18.7 Å². The monoisotopic (exact) mass is 969 g/mol. The lowest BCUT2D eigenvalue weighted by Gasteiger charge is -2.27. The van der Waals surface area contributed by atoms with Gasteiger partial charge in [-0.25, -0.2) is 9.99 Å². The SMILES string of the molecule is C=CC(=O)N1CCCC1.CN1CCCCN1.COC(C)c1ncccc1-c1c(CC(C)(C)COC=O)c2cc(-c3nc(CC(C=O)NC(=O)C(C(C)C)N(C)C=O)ns3)ccc2n1CC(F)(F)F. The number of amides is 3. The zero-order valence-electron chi connectivity index (χ0n) is 40.3. The Kier molecular flexibility index (Phi) is 20.8. The summed E-state index contributed by atoms with van der Waals surface area (Å²) >= 11 is 1.04. The van der Waals surface area contributed by atoms with Gasteiger partial charge < -0.3 is 34.0 Å². The minimum atomic E-state index is -4.57. The maximum Gasteiger partial charge on any atom is 0.406 e. The Hall–Kier alpha value is -5.57. The molecule has 2 aliphatic rings. The zero-order valence-corrected chi connectivity index (χ0v) is 41.1. The van der Waals surface area contributed by atoms with Crippen LogP contribution in [0.2, 0.25) is 0 Å². The molecule has 3 aromatic heterocycles. The first kappa shape index (κ1) is 55.0. The number of nitrogens with one attached hydrogen (secondary N) is 2. The fourth-order valence-corrected chi connectivity index (χ4v) is 8.88. The standard InChI is InChI=1S/C36H43F3N6O6S.C7H11NO.C5H12N2/c1-21(2)31(44(6)19-47)33(49)41-24(16-46)14-29-42-34(52-43-29)23-10-11-28-26(13-23)27(15-35(4,5)18-51-20-48)32(45(28)17-36(37,38)39)25-9-8-12-40-30(25)22(3)50-7;1-2-7(9)8-5-3-4-6-8;1-7-5-3-2-4-6-7/h8-13,16,19-22,24,31H,14-15,17-18H2,1-7H3,(H,41,49);2H,1,3-6H2;6H,2-5H2,1H3. The number of hydrogen-bond acceptors (Lipinski definition) is 13. The first-order chi connectivity index (χ1) is 32.3. The molecule has 3 amide bonds. The summed E-state index contributed by atoms with van der Waals surface area (Å²) in [4.78, 5) is 70.4. The van der Waals surface area contributed by atoms with E-state index < -0.39 is 42.2 Å². The number of hydrazine groups is 1. The van der Waals surface area contributed by atoms with Gasteiger partial charge in [0.25, 0.3) is 6.47 Å². The van der Waals surface area contributed by atoms with Crippen molar-refractivity contribution in [2.45, 2.75) is 104 Å². The summed E-state index contributed by atoms with van der Waals surface area (Å²) in [5, 5.41) is 5.79. The molecule has 0 spiro atoms. The number of ether oxygens (including phenoxy) is 2. The summed E-state index contributed by atoms with van der Waals surface area (Å²) < 4.78 is 59.2. The molecule has 6 rings (SSSR count). The Morgan fingerprint density at radius 2 is 1.76 bits per heavy atom. The van der Waals surface area contributed by atoms with Crippen molar-refractivity contribution in [3.63, 3.8) is 0 Å². The minimum absolute atomic E-state index is 0.0205. The molecule has 2 N–H and O–H groups in total. The molecule has 68 heavy (non-hydrogen) atoms. The van der Waals surface area contributed by atoms with E-state index in [9.17, 15) is 37.1 Å². The Morgan fingerprint density at radius 3 is 2.32 bits per heavy atom. The second-order valence-electron chi connectivity index (χ2n) is 18.0. The van der Waals surface area contributed by atoms with Gasteiger partial charge in [0.1, 0.15) is 29.7 Å². The van der Waals surface area contributed by atoms with Crippen LogP contribution in [0.15, 0.2) is 49.2 Å².